The largest absolute Gasteiger partial charge is 0.314 e. The first kappa shape index (κ1) is 21.6. The van der Waals surface area contributed by atoms with E-state index in [0.29, 0.717) is 23.6 Å². The monoisotopic (exact) mass is 450 g/mol. The maximum Gasteiger partial charge on any atom is 0.245 e. The highest BCUT2D eigenvalue weighted by atomic mass is 35.5. The van der Waals surface area contributed by atoms with Crippen LogP contribution >= 0.6 is 11.6 Å². The molecule has 0 saturated carbocycles. The fourth-order valence-corrected chi connectivity index (χ4v) is 6.68. The van der Waals surface area contributed by atoms with Crippen molar-refractivity contribution in [3.63, 3.8) is 0 Å². The summed E-state index contributed by atoms with van der Waals surface area (Å²) in [5.74, 6) is -0.428. The van der Waals surface area contributed by atoms with Gasteiger partial charge in [0.1, 0.15) is 5.78 Å². The van der Waals surface area contributed by atoms with Crippen LogP contribution in [0, 0.1) is 5.92 Å². The Hall–Kier alpha value is -1.58. The second-order valence-electron chi connectivity index (χ2n) is 8.10. The molecule has 1 aromatic carbocycles. The number of carbonyl (C=O) groups excluding carboxylic acids is 1. The van der Waals surface area contributed by atoms with Gasteiger partial charge < -0.3 is 10.6 Å². The number of likely N-dealkylation sites (tertiary alicyclic amines) is 1. The van der Waals surface area contributed by atoms with Gasteiger partial charge in [0.25, 0.3) is 0 Å². The number of rotatable bonds is 6. The average molecular weight is 451 g/mol. The van der Waals surface area contributed by atoms with E-state index in [1.165, 1.54) is 35.8 Å². The molecule has 1 aromatic heterocycles. The van der Waals surface area contributed by atoms with E-state index in [1.54, 1.807) is 18.3 Å². The molecule has 2 saturated heterocycles. The summed E-state index contributed by atoms with van der Waals surface area (Å²) < 4.78 is 28.1. The third-order valence-electron chi connectivity index (χ3n) is 6.23. The molecule has 0 radical (unpaired) electrons. The van der Waals surface area contributed by atoms with Crippen molar-refractivity contribution < 1.29 is 13.2 Å². The number of sulfonamides is 1. The van der Waals surface area contributed by atoms with Gasteiger partial charge in [0.2, 0.25) is 10.0 Å². The summed E-state index contributed by atoms with van der Waals surface area (Å²) in [6.07, 6.45) is 6.60. The Balaban J connectivity index is 1.52. The topological polar surface area (TPSA) is 96.6 Å². The van der Waals surface area contributed by atoms with Gasteiger partial charge >= 0.3 is 0 Å². The molecule has 2 aliphatic rings. The highest BCUT2D eigenvalue weighted by Crippen LogP contribution is 2.34. The summed E-state index contributed by atoms with van der Waals surface area (Å²) in [7, 11) is -3.91. The fraction of sp³-hybridized carbons (Fsp3) is 0.524. The lowest BCUT2D eigenvalue weighted by atomic mass is 9.98. The number of nitrogens with two attached hydrogens (primary N) is 1. The van der Waals surface area contributed by atoms with Crippen LogP contribution in [0.4, 0.5) is 0 Å². The molecule has 0 aliphatic carbocycles. The van der Waals surface area contributed by atoms with Gasteiger partial charge in [-0.3, -0.25) is 9.78 Å². The van der Waals surface area contributed by atoms with Gasteiger partial charge in [-0.05, 0) is 38.4 Å². The zero-order chi connectivity index (χ0) is 21.3. The molecular weight excluding hydrogens is 424 g/mol. The van der Waals surface area contributed by atoms with Crippen molar-refractivity contribution in [2.24, 2.45) is 11.7 Å². The van der Waals surface area contributed by atoms with E-state index in [4.69, 9.17) is 17.3 Å². The van der Waals surface area contributed by atoms with Crippen LogP contribution in [0.1, 0.15) is 32.1 Å². The highest BCUT2D eigenvalue weighted by Gasteiger charge is 2.43. The second kappa shape index (κ2) is 8.88. The minimum atomic E-state index is -3.91. The Morgan fingerprint density at radius 2 is 1.93 bits per heavy atom. The minimum Gasteiger partial charge on any atom is -0.314 e. The minimum absolute atomic E-state index is 0.0472. The molecule has 2 fully saturated rings. The normalized spacial score (nSPS) is 23.8. The van der Waals surface area contributed by atoms with Crippen molar-refractivity contribution in [3.8, 4) is 0 Å². The standard InChI is InChI=1S/C21H27ClN4O3S/c22-17-14-24-13-15-5-4-6-19(20(15)17)30(28,29)26-12-7-16(21(26)23)18(27)8-11-25-9-2-1-3-10-25/h4-6,13-14,16,21H,1-3,7-12,23H2/t16?,21-/m0/s1. The Morgan fingerprint density at radius 1 is 1.17 bits per heavy atom. The molecule has 2 atom stereocenters. The number of ketones is 1. The molecule has 2 aliphatic heterocycles. The molecule has 162 valence electrons. The van der Waals surface area contributed by atoms with Gasteiger partial charge in [0.15, 0.2) is 0 Å². The predicted octanol–water partition coefficient (Wildman–Crippen LogP) is 2.63. The zero-order valence-electron chi connectivity index (χ0n) is 16.8. The maximum atomic E-state index is 13.4. The van der Waals surface area contributed by atoms with E-state index in [2.05, 4.69) is 9.88 Å². The Morgan fingerprint density at radius 3 is 2.70 bits per heavy atom. The number of hydrogen-bond acceptors (Lipinski definition) is 6. The van der Waals surface area contributed by atoms with Gasteiger partial charge in [-0.15, -0.1) is 0 Å². The van der Waals surface area contributed by atoms with Crippen LogP contribution in [0.5, 0.6) is 0 Å². The Bertz CT molecular complexity index is 1030. The summed E-state index contributed by atoms with van der Waals surface area (Å²) in [4.78, 5) is 19.3. The number of halogens is 1. The Kier molecular flexibility index (Phi) is 6.41. The van der Waals surface area contributed by atoms with Crippen LogP contribution < -0.4 is 5.73 Å². The number of aromatic nitrogens is 1. The van der Waals surface area contributed by atoms with Crippen LogP contribution in [0.15, 0.2) is 35.5 Å². The fourth-order valence-electron chi connectivity index (χ4n) is 4.56. The van der Waals surface area contributed by atoms with Crippen molar-refractivity contribution in [1.29, 1.82) is 0 Å². The smallest absolute Gasteiger partial charge is 0.245 e. The number of nitrogens with zero attached hydrogens (tertiary/aromatic N) is 3. The number of benzene rings is 1. The van der Waals surface area contributed by atoms with Gasteiger partial charge in [0.05, 0.1) is 16.1 Å². The molecular formula is C21H27ClN4O3S. The first-order valence-electron chi connectivity index (χ1n) is 10.4. The molecule has 2 aromatic rings. The number of Topliss-reactive ketones (excluding diaryl/α,β-unsaturated/α-hetero) is 1. The SMILES string of the molecule is N[C@@H]1C(C(=O)CCN2CCCCC2)CCN1S(=O)(=O)c1cccc2cncc(Cl)c12. The van der Waals surface area contributed by atoms with Crippen LogP contribution in [-0.4, -0.2) is 60.7 Å². The van der Waals surface area contributed by atoms with Crippen molar-refractivity contribution in [2.45, 2.75) is 43.2 Å². The van der Waals surface area contributed by atoms with E-state index < -0.39 is 22.1 Å². The van der Waals surface area contributed by atoms with Crippen LogP contribution in [0.3, 0.4) is 0 Å². The second-order valence-corrected chi connectivity index (χ2v) is 10.4. The number of fused-ring (bicyclic) bond motifs is 1. The van der Waals surface area contributed by atoms with Gasteiger partial charge in [0, 0.05) is 48.6 Å². The maximum absolute atomic E-state index is 13.4. The quantitative estimate of drug-likeness (QED) is 0.726. The number of piperidine rings is 1. The van der Waals surface area contributed by atoms with Crippen LogP contribution in [0.25, 0.3) is 10.8 Å². The van der Waals surface area contributed by atoms with Crippen LogP contribution in [0.2, 0.25) is 5.02 Å². The molecule has 9 heteroatoms. The summed E-state index contributed by atoms with van der Waals surface area (Å²) >= 11 is 6.27. The molecule has 2 N–H and O–H groups in total. The van der Waals surface area contributed by atoms with E-state index in [-0.39, 0.29) is 22.2 Å². The van der Waals surface area contributed by atoms with Crippen molar-refractivity contribution in [3.05, 3.63) is 35.6 Å². The van der Waals surface area contributed by atoms with E-state index in [0.717, 1.165) is 19.6 Å². The summed E-state index contributed by atoms with van der Waals surface area (Å²) in [6, 6.07) is 4.96. The third kappa shape index (κ3) is 4.11. The molecule has 7 nitrogen and oxygen atoms in total. The molecule has 0 spiro atoms. The van der Waals surface area contributed by atoms with Crippen molar-refractivity contribution >= 4 is 38.2 Å². The third-order valence-corrected chi connectivity index (χ3v) is 8.45. The lowest BCUT2D eigenvalue weighted by Crippen LogP contribution is -2.46. The molecule has 1 unspecified atom stereocenters. The summed E-state index contributed by atoms with van der Waals surface area (Å²) in [5, 5.41) is 1.35. The molecule has 0 bridgehead atoms. The average Bonchev–Trinajstić information content (AvgIpc) is 3.15. The van der Waals surface area contributed by atoms with Crippen molar-refractivity contribution in [2.75, 3.05) is 26.2 Å². The number of pyridine rings is 1. The summed E-state index contributed by atoms with van der Waals surface area (Å²) in [6.45, 7) is 3.01. The van der Waals surface area contributed by atoms with Gasteiger partial charge in [-0.2, -0.15) is 4.31 Å². The first-order chi connectivity index (χ1) is 14.4. The number of carbonyl (C=O) groups is 1. The van der Waals surface area contributed by atoms with Crippen LogP contribution in [-0.2, 0) is 14.8 Å². The van der Waals surface area contributed by atoms with Gasteiger partial charge in [-0.25, -0.2) is 8.42 Å². The first-order valence-corrected chi connectivity index (χ1v) is 12.3. The zero-order valence-corrected chi connectivity index (χ0v) is 18.4. The predicted molar refractivity (Wildman–Crippen MR) is 117 cm³/mol. The molecule has 4 rings (SSSR count). The molecule has 3 heterocycles. The molecule has 30 heavy (non-hydrogen) atoms. The molecule has 0 amide bonds. The number of hydrogen-bond donors (Lipinski definition) is 1. The highest BCUT2D eigenvalue weighted by molar-refractivity contribution is 7.89. The van der Waals surface area contributed by atoms with E-state index >= 15 is 0 Å². The summed E-state index contributed by atoms with van der Waals surface area (Å²) in [5.41, 5.74) is 6.31. The van der Waals surface area contributed by atoms with Gasteiger partial charge in [-0.1, -0.05) is 30.2 Å². The van der Waals surface area contributed by atoms with E-state index in [9.17, 15) is 13.2 Å². The Labute approximate surface area is 182 Å². The van der Waals surface area contributed by atoms with E-state index in [1.807, 2.05) is 0 Å². The lowest BCUT2D eigenvalue weighted by Gasteiger charge is -2.27. The van der Waals surface area contributed by atoms with Crippen molar-refractivity contribution in [1.82, 2.24) is 14.2 Å². The lowest BCUT2D eigenvalue weighted by molar-refractivity contribution is -0.123.